The summed E-state index contributed by atoms with van der Waals surface area (Å²) in [6.45, 7) is 2.11. The highest BCUT2D eigenvalue weighted by atomic mass is 16.1. The molecule has 0 radical (unpaired) electrons. The van der Waals surface area contributed by atoms with Crippen LogP contribution in [0.15, 0.2) is 36.4 Å². The van der Waals surface area contributed by atoms with E-state index in [9.17, 15) is 4.79 Å². The second-order valence-electron chi connectivity index (χ2n) is 6.67. The van der Waals surface area contributed by atoms with E-state index in [1.165, 1.54) is 22.4 Å². The van der Waals surface area contributed by atoms with Crippen LogP contribution in [0.5, 0.6) is 0 Å². The van der Waals surface area contributed by atoms with Gasteiger partial charge in [0, 0.05) is 17.1 Å². The zero-order chi connectivity index (χ0) is 16.8. The lowest BCUT2D eigenvalue weighted by Crippen LogP contribution is -2.27. The van der Waals surface area contributed by atoms with Gasteiger partial charge in [0.05, 0.1) is 11.1 Å². The number of hydrogen-bond donors (Lipinski definition) is 3. The molecule has 0 aliphatic heterocycles. The third-order valence-corrected chi connectivity index (χ3v) is 5.08. The average Bonchev–Trinajstić information content (AvgIpc) is 2.93. The van der Waals surface area contributed by atoms with Crippen molar-refractivity contribution >= 4 is 16.8 Å². The number of H-pyrrole nitrogens is 1. The van der Waals surface area contributed by atoms with Crippen LogP contribution < -0.4 is 11.5 Å². The molecule has 1 aliphatic rings. The number of rotatable bonds is 2. The van der Waals surface area contributed by atoms with E-state index in [-0.39, 0.29) is 6.04 Å². The van der Waals surface area contributed by atoms with Crippen molar-refractivity contribution in [3.05, 3.63) is 58.8 Å². The van der Waals surface area contributed by atoms with Gasteiger partial charge in [0.1, 0.15) is 0 Å². The molecule has 1 aliphatic carbocycles. The van der Waals surface area contributed by atoms with Crippen molar-refractivity contribution < 1.29 is 4.79 Å². The molecule has 1 atom stereocenters. The fourth-order valence-corrected chi connectivity index (χ4v) is 3.86. The first-order valence-corrected chi connectivity index (χ1v) is 8.34. The lowest BCUT2D eigenvalue weighted by atomic mass is 9.88. The van der Waals surface area contributed by atoms with E-state index in [4.69, 9.17) is 11.5 Å². The molecule has 24 heavy (non-hydrogen) atoms. The topological polar surface area (TPSA) is 84.9 Å². The van der Waals surface area contributed by atoms with Gasteiger partial charge >= 0.3 is 0 Å². The molecular formula is C20H21N3O. The molecular weight excluding hydrogens is 298 g/mol. The Labute approximate surface area is 140 Å². The predicted octanol–water partition coefficient (Wildman–Crippen LogP) is 3.06. The molecule has 1 unspecified atom stereocenters. The lowest BCUT2D eigenvalue weighted by molar-refractivity contribution is 0.100. The summed E-state index contributed by atoms with van der Waals surface area (Å²) in [5.41, 5.74) is 19.2. The Balaban J connectivity index is 2.08. The Morgan fingerprint density at radius 1 is 1.17 bits per heavy atom. The number of carbonyl (C=O) groups is 1. The summed E-state index contributed by atoms with van der Waals surface area (Å²) in [5.74, 6) is -0.403. The molecule has 1 amide bonds. The van der Waals surface area contributed by atoms with Gasteiger partial charge in [0.15, 0.2) is 0 Å². The van der Waals surface area contributed by atoms with Crippen LogP contribution >= 0.6 is 0 Å². The average molecular weight is 319 g/mol. The monoisotopic (exact) mass is 319 g/mol. The molecule has 4 rings (SSSR count). The van der Waals surface area contributed by atoms with Crippen LogP contribution in [0.2, 0.25) is 0 Å². The van der Waals surface area contributed by atoms with Crippen molar-refractivity contribution in [2.24, 2.45) is 11.5 Å². The van der Waals surface area contributed by atoms with Crippen LogP contribution in [0.1, 0.15) is 33.6 Å². The van der Waals surface area contributed by atoms with Gasteiger partial charge in [0.2, 0.25) is 0 Å². The Bertz CT molecular complexity index is 955. The minimum atomic E-state index is -0.403. The fourth-order valence-electron chi connectivity index (χ4n) is 3.86. The summed E-state index contributed by atoms with van der Waals surface area (Å²) in [4.78, 5) is 15.3. The molecule has 0 saturated carbocycles. The second kappa shape index (κ2) is 5.49. The first-order valence-electron chi connectivity index (χ1n) is 8.34. The van der Waals surface area contributed by atoms with Crippen LogP contribution in [0.25, 0.3) is 22.0 Å². The number of primary amides is 1. The quantitative estimate of drug-likeness (QED) is 0.678. The molecule has 122 valence electrons. The number of nitrogens with one attached hydrogen (secondary N) is 1. The van der Waals surface area contributed by atoms with Gasteiger partial charge in [0.25, 0.3) is 5.91 Å². The highest BCUT2D eigenvalue weighted by Crippen LogP contribution is 2.38. The van der Waals surface area contributed by atoms with Crippen LogP contribution in [0.4, 0.5) is 0 Å². The van der Waals surface area contributed by atoms with Crippen molar-refractivity contribution in [2.45, 2.75) is 32.2 Å². The largest absolute Gasteiger partial charge is 0.366 e. The number of amides is 1. The zero-order valence-corrected chi connectivity index (χ0v) is 13.7. The minimum absolute atomic E-state index is 0.165. The van der Waals surface area contributed by atoms with E-state index in [1.807, 2.05) is 24.3 Å². The van der Waals surface area contributed by atoms with Gasteiger partial charge in [-0.3, -0.25) is 4.79 Å². The highest BCUT2D eigenvalue weighted by Gasteiger charge is 2.24. The summed E-state index contributed by atoms with van der Waals surface area (Å²) < 4.78 is 0. The number of carbonyl (C=O) groups excluding carboxylic acids is 1. The van der Waals surface area contributed by atoms with E-state index in [0.29, 0.717) is 5.56 Å². The second-order valence-corrected chi connectivity index (χ2v) is 6.67. The number of fused-ring (bicyclic) bond motifs is 3. The summed E-state index contributed by atoms with van der Waals surface area (Å²) in [6.07, 6.45) is 2.71. The third kappa shape index (κ3) is 2.22. The smallest absolute Gasteiger partial charge is 0.250 e. The van der Waals surface area contributed by atoms with Gasteiger partial charge in [-0.25, -0.2) is 0 Å². The van der Waals surface area contributed by atoms with Crippen molar-refractivity contribution in [3.63, 3.8) is 0 Å². The van der Waals surface area contributed by atoms with E-state index in [2.05, 4.69) is 24.0 Å². The Morgan fingerprint density at radius 3 is 2.71 bits per heavy atom. The zero-order valence-electron chi connectivity index (χ0n) is 13.7. The van der Waals surface area contributed by atoms with Gasteiger partial charge < -0.3 is 16.5 Å². The van der Waals surface area contributed by atoms with E-state index in [1.54, 1.807) is 0 Å². The first kappa shape index (κ1) is 15.0. The van der Waals surface area contributed by atoms with Crippen LogP contribution in [-0.4, -0.2) is 16.9 Å². The maximum atomic E-state index is 11.9. The molecule has 3 aromatic rings. The maximum Gasteiger partial charge on any atom is 0.250 e. The highest BCUT2D eigenvalue weighted by molar-refractivity contribution is 6.11. The van der Waals surface area contributed by atoms with E-state index in [0.717, 1.165) is 35.7 Å². The Morgan fingerprint density at radius 2 is 1.96 bits per heavy atom. The van der Waals surface area contributed by atoms with Gasteiger partial charge in [-0.2, -0.15) is 0 Å². The van der Waals surface area contributed by atoms with E-state index < -0.39 is 5.91 Å². The molecule has 1 heterocycles. The number of nitrogens with two attached hydrogens (primary N) is 2. The fraction of sp³-hybridized carbons (Fsp3) is 0.250. The molecule has 4 heteroatoms. The first-order chi connectivity index (χ1) is 11.6. The summed E-state index contributed by atoms with van der Waals surface area (Å²) >= 11 is 0. The number of hydrogen-bond acceptors (Lipinski definition) is 2. The summed E-state index contributed by atoms with van der Waals surface area (Å²) in [5, 5.41) is 1.10. The van der Waals surface area contributed by atoms with Crippen LogP contribution in [-0.2, 0) is 12.8 Å². The molecule has 4 nitrogen and oxygen atoms in total. The normalized spacial score (nSPS) is 17.0. The molecule has 0 fully saturated rings. The van der Waals surface area contributed by atoms with Gasteiger partial charge in [-0.15, -0.1) is 0 Å². The summed E-state index contributed by atoms with van der Waals surface area (Å²) in [6, 6.07) is 12.3. The SMILES string of the molecule is Cc1ccccc1-c1ccc(C(N)=O)c2[nH]c3c(c12)CC(N)CC3. The van der Waals surface area contributed by atoms with Gasteiger partial charge in [-0.05, 0) is 54.5 Å². The predicted molar refractivity (Wildman–Crippen MR) is 97.0 cm³/mol. The number of aromatic amines is 1. The molecule has 2 aromatic carbocycles. The lowest BCUT2D eigenvalue weighted by Gasteiger charge is -2.19. The molecule has 5 N–H and O–H groups in total. The number of aryl methyl sites for hydroxylation is 2. The van der Waals surface area contributed by atoms with Crippen LogP contribution in [0.3, 0.4) is 0 Å². The van der Waals surface area contributed by atoms with E-state index >= 15 is 0 Å². The van der Waals surface area contributed by atoms with Crippen LogP contribution in [0, 0.1) is 6.92 Å². The van der Waals surface area contributed by atoms with Gasteiger partial charge in [-0.1, -0.05) is 30.3 Å². The molecule has 0 bridgehead atoms. The van der Waals surface area contributed by atoms with Crippen molar-refractivity contribution in [3.8, 4) is 11.1 Å². The third-order valence-electron chi connectivity index (χ3n) is 5.08. The molecule has 1 aromatic heterocycles. The standard InChI is InChI=1S/C20H21N3O/c1-11-4-2-3-5-13(11)14-7-8-15(20(22)24)19-18(14)16-10-12(21)6-9-17(16)23-19/h2-5,7-8,12,23H,6,9-10,21H2,1H3,(H2,22,24). The van der Waals surface area contributed by atoms with Crippen molar-refractivity contribution in [1.82, 2.24) is 4.98 Å². The number of benzene rings is 2. The molecule has 0 saturated heterocycles. The number of aromatic nitrogens is 1. The van der Waals surface area contributed by atoms with Crippen molar-refractivity contribution in [2.75, 3.05) is 0 Å². The Kier molecular flexibility index (Phi) is 3.43. The minimum Gasteiger partial charge on any atom is -0.366 e. The maximum absolute atomic E-state index is 11.9. The summed E-state index contributed by atoms with van der Waals surface area (Å²) in [7, 11) is 0. The Hall–Kier alpha value is -2.59. The van der Waals surface area contributed by atoms with Crippen molar-refractivity contribution in [1.29, 1.82) is 0 Å². The molecule has 0 spiro atoms.